The van der Waals surface area contributed by atoms with Crippen LogP contribution in [0.15, 0.2) is 35.4 Å². The van der Waals surface area contributed by atoms with Gasteiger partial charge in [-0.05, 0) is 50.3 Å². The van der Waals surface area contributed by atoms with Crippen molar-refractivity contribution in [2.24, 2.45) is 0 Å². The van der Waals surface area contributed by atoms with Crippen molar-refractivity contribution in [3.05, 3.63) is 62.4 Å². The molecule has 0 spiro atoms. The molecule has 0 radical (unpaired) electrons. The van der Waals surface area contributed by atoms with E-state index in [-0.39, 0.29) is 0 Å². The van der Waals surface area contributed by atoms with Crippen LogP contribution in [0.2, 0.25) is 15.1 Å². The van der Waals surface area contributed by atoms with Crippen LogP contribution in [-0.4, -0.2) is 26.0 Å². The van der Waals surface area contributed by atoms with Gasteiger partial charge in [0.1, 0.15) is 16.5 Å². The Kier molecular flexibility index (Phi) is 5.51. The Labute approximate surface area is 188 Å². The van der Waals surface area contributed by atoms with Gasteiger partial charge in [-0.2, -0.15) is 5.10 Å². The van der Waals surface area contributed by atoms with E-state index >= 15 is 0 Å². The number of hydrogen-bond donors (Lipinski definition) is 0. The van der Waals surface area contributed by atoms with Crippen LogP contribution in [0.25, 0.3) is 28.0 Å². The standard InChI is InChI=1S/C21H17Cl3N4S/c1-10-6-5-7-11(2)16(10)18-17-20(26-12(3)25-18)28(27-21(17)29-4)19-14(23)8-13(22)9-15(19)24/h5-9H,1-4H3. The normalized spacial score (nSPS) is 11.4. The molecule has 4 rings (SSSR count). The fraction of sp³-hybridized carbons (Fsp3) is 0.190. The van der Waals surface area contributed by atoms with Gasteiger partial charge in [-0.25, -0.2) is 14.6 Å². The number of nitrogens with zero attached hydrogens (tertiary/aromatic N) is 4. The van der Waals surface area contributed by atoms with E-state index in [1.54, 1.807) is 16.8 Å². The van der Waals surface area contributed by atoms with Crippen LogP contribution < -0.4 is 0 Å². The van der Waals surface area contributed by atoms with Gasteiger partial charge in [0.05, 0.1) is 21.1 Å². The summed E-state index contributed by atoms with van der Waals surface area (Å²) >= 11 is 20.6. The topological polar surface area (TPSA) is 43.6 Å². The summed E-state index contributed by atoms with van der Waals surface area (Å²) in [5, 5.41) is 7.74. The second-order valence-electron chi connectivity index (χ2n) is 6.72. The lowest BCUT2D eigenvalue weighted by Crippen LogP contribution is -2.02. The number of rotatable bonds is 3. The first kappa shape index (κ1) is 20.5. The molecular weight excluding hydrogens is 447 g/mol. The van der Waals surface area contributed by atoms with Gasteiger partial charge in [0, 0.05) is 10.6 Å². The molecule has 0 fully saturated rings. The quantitative estimate of drug-likeness (QED) is 0.304. The molecule has 0 saturated carbocycles. The maximum Gasteiger partial charge on any atom is 0.168 e. The molecule has 148 valence electrons. The van der Waals surface area contributed by atoms with Crippen LogP contribution in [0.5, 0.6) is 0 Å². The summed E-state index contributed by atoms with van der Waals surface area (Å²) in [7, 11) is 0. The van der Waals surface area contributed by atoms with Crippen molar-refractivity contribution in [3.63, 3.8) is 0 Å². The zero-order valence-electron chi connectivity index (χ0n) is 16.2. The molecule has 0 unspecified atom stereocenters. The smallest absolute Gasteiger partial charge is 0.168 e. The largest absolute Gasteiger partial charge is 0.232 e. The van der Waals surface area contributed by atoms with Gasteiger partial charge in [-0.15, -0.1) is 11.8 Å². The highest BCUT2D eigenvalue weighted by atomic mass is 35.5. The lowest BCUT2D eigenvalue weighted by Gasteiger charge is -2.12. The van der Waals surface area contributed by atoms with Crippen molar-refractivity contribution >= 4 is 57.6 Å². The molecular formula is C21H17Cl3N4S. The first-order chi connectivity index (χ1) is 13.8. The average molecular weight is 464 g/mol. The molecule has 2 heterocycles. The molecule has 0 N–H and O–H groups in total. The van der Waals surface area contributed by atoms with E-state index in [0.717, 1.165) is 32.8 Å². The highest BCUT2D eigenvalue weighted by molar-refractivity contribution is 7.98. The van der Waals surface area contributed by atoms with E-state index in [1.165, 1.54) is 11.8 Å². The molecule has 29 heavy (non-hydrogen) atoms. The fourth-order valence-electron chi connectivity index (χ4n) is 3.50. The van der Waals surface area contributed by atoms with Gasteiger partial charge in [0.25, 0.3) is 0 Å². The molecule has 2 aromatic carbocycles. The second kappa shape index (κ2) is 7.80. The Balaban J connectivity index is 2.14. The summed E-state index contributed by atoms with van der Waals surface area (Å²) in [5.41, 5.74) is 5.45. The minimum absolute atomic E-state index is 0.407. The molecule has 4 aromatic rings. The Hall–Kier alpha value is -1.79. The van der Waals surface area contributed by atoms with Gasteiger partial charge in [-0.1, -0.05) is 53.0 Å². The summed E-state index contributed by atoms with van der Waals surface area (Å²) < 4.78 is 1.69. The minimum atomic E-state index is 0.407. The molecule has 0 bridgehead atoms. The van der Waals surface area contributed by atoms with Gasteiger partial charge < -0.3 is 0 Å². The Morgan fingerprint density at radius 1 is 0.931 bits per heavy atom. The van der Waals surface area contributed by atoms with E-state index in [0.29, 0.717) is 32.2 Å². The second-order valence-corrected chi connectivity index (χ2v) is 8.77. The summed E-state index contributed by atoms with van der Waals surface area (Å²) in [4.78, 5) is 9.50. The molecule has 2 aromatic heterocycles. The predicted octanol–water partition coefficient (Wildman–Crippen LogP) is 7.09. The minimum Gasteiger partial charge on any atom is -0.232 e. The lowest BCUT2D eigenvalue weighted by molar-refractivity contribution is 0.849. The number of hydrogen-bond acceptors (Lipinski definition) is 4. The molecule has 4 nitrogen and oxygen atoms in total. The molecule has 0 saturated heterocycles. The number of halogens is 3. The number of aromatic nitrogens is 4. The predicted molar refractivity (Wildman–Crippen MR) is 123 cm³/mol. The SMILES string of the molecule is CSc1nn(-c2c(Cl)cc(Cl)cc2Cl)c2nc(C)nc(-c3c(C)cccc3C)c12. The van der Waals surface area contributed by atoms with E-state index in [2.05, 4.69) is 26.0 Å². The third-order valence-electron chi connectivity index (χ3n) is 4.71. The van der Waals surface area contributed by atoms with Crippen LogP contribution in [0.1, 0.15) is 17.0 Å². The van der Waals surface area contributed by atoms with Gasteiger partial charge in [-0.3, -0.25) is 0 Å². The number of thioether (sulfide) groups is 1. The Morgan fingerprint density at radius 2 is 1.55 bits per heavy atom. The van der Waals surface area contributed by atoms with E-state index < -0.39 is 0 Å². The van der Waals surface area contributed by atoms with Crippen molar-refractivity contribution < 1.29 is 0 Å². The number of benzene rings is 2. The summed E-state index contributed by atoms with van der Waals surface area (Å²) in [6, 6.07) is 9.52. The molecule has 8 heteroatoms. The van der Waals surface area contributed by atoms with Crippen LogP contribution in [0, 0.1) is 20.8 Å². The zero-order chi connectivity index (χ0) is 20.9. The summed E-state index contributed by atoms with van der Waals surface area (Å²) in [5.74, 6) is 0.644. The molecule has 0 atom stereocenters. The molecule has 0 amide bonds. The van der Waals surface area contributed by atoms with E-state index in [9.17, 15) is 0 Å². The van der Waals surface area contributed by atoms with Gasteiger partial charge >= 0.3 is 0 Å². The van der Waals surface area contributed by atoms with Crippen molar-refractivity contribution in [2.75, 3.05) is 6.26 Å². The maximum absolute atomic E-state index is 6.49. The summed E-state index contributed by atoms with van der Waals surface area (Å²) in [6.07, 6.45) is 1.98. The first-order valence-electron chi connectivity index (χ1n) is 8.84. The van der Waals surface area contributed by atoms with E-state index in [1.807, 2.05) is 19.2 Å². The van der Waals surface area contributed by atoms with Crippen molar-refractivity contribution in [1.82, 2.24) is 19.7 Å². The zero-order valence-corrected chi connectivity index (χ0v) is 19.3. The Morgan fingerprint density at radius 3 is 2.14 bits per heavy atom. The third-order valence-corrected chi connectivity index (χ3v) is 6.18. The molecule has 0 aliphatic rings. The Bertz CT molecular complexity index is 1220. The number of fused-ring (bicyclic) bond motifs is 1. The summed E-state index contributed by atoms with van der Waals surface area (Å²) in [6.45, 7) is 6.04. The van der Waals surface area contributed by atoms with Gasteiger partial charge in [0.15, 0.2) is 5.65 Å². The highest BCUT2D eigenvalue weighted by Crippen LogP contribution is 2.39. The van der Waals surface area contributed by atoms with Crippen LogP contribution in [-0.2, 0) is 0 Å². The van der Waals surface area contributed by atoms with Crippen molar-refractivity contribution in [1.29, 1.82) is 0 Å². The molecule has 0 aliphatic carbocycles. The monoisotopic (exact) mass is 462 g/mol. The lowest BCUT2D eigenvalue weighted by atomic mass is 9.98. The average Bonchev–Trinajstić information content (AvgIpc) is 2.99. The van der Waals surface area contributed by atoms with Crippen LogP contribution in [0.3, 0.4) is 0 Å². The molecule has 0 aliphatic heterocycles. The van der Waals surface area contributed by atoms with Crippen LogP contribution in [0.4, 0.5) is 0 Å². The maximum atomic E-state index is 6.49. The van der Waals surface area contributed by atoms with Crippen LogP contribution >= 0.6 is 46.6 Å². The third kappa shape index (κ3) is 3.50. The van der Waals surface area contributed by atoms with Gasteiger partial charge in [0.2, 0.25) is 0 Å². The first-order valence-corrected chi connectivity index (χ1v) is 11.2. The van der Waals surface area contributed by atoms with E-state index in [4.69, 9.17) is 49.9 Å². The fourth-order valence-corrected chi connectivity index (χ4v) is 5.03. The van der Waals surface area contributed by atoms with Crippen molar-refractivity contribution in [3.8, 4) is 16.9 Å². The number of aryl methyl sites for hydroxylation is 3. The highest BCUT2D eigenvalue weighted by Gasteiger charge is 2.23. The van der Waals surface area contributed by atoms with Crippen molar-refractivity contribution in [2.45, 2.75) is 25.8 Å².